The molecule has 0 aliphatic carbocycles. The van der Waals surface area contributed by atoms with E-state index < -0.39 is 0 Å². The fourth-order valence-corrected chi connectivity index (χ4v) is 2.97. The zero-order valence-electron chi connectivity index (χ0n) is 15.7. The second-order valence-corrected chi connectivity index (χ2v) is 6.57. The van der Waals surface area contributed by atoms with Crippen LogP contribution >= 0.6 is 11.8 Å². The Morgan fingerprint density at radius 3 is 2.56 bits per heavy atom. The Morgan fingerprint density at radius 2 is 1.85 bits per heavy atom. The van der Waals surface area contributed by atoms with Crippen LogP contribution in [-0.2, 0) is 0 Å². The van der Waals surface area contributed by atoms with Crippen LogP contribution in [0.2, 0.25) is 0 Å². The molecule has 0 radical (unpaired) electrons. The Balaban J connectivity index is 1.84. The molecule has 0 saturated heterocycles. The molecule has 6 nitrogen and oxygen atoms in total. The van der Waals surface area contributed by atoms with Crippen LogP contribution in [0.25, 0.3) is 11.3 Å². The lowest BCUT2D eigenvalue weighted by molar-refractivity contribution is 0.355. The van der Waals surface area contributed by atoms with E-state index in [2.05, 4.69) is 33.5 Å². The van der Waals surface area contributed by atoms with Crippen molar-refractivity contribution in [2.75, 3.05) is 25.8 Å². The van der Waals surface area contributed by atoms with Gasteiger partial charge in [-0.2, -0.15) is 5.10 Å². The summed E-state index contributed by atoms with van der Waals surface area (Å²) in [5.74, 6) is 1.96. The van der Waals surface area contributed by atoms with Crippen LogP contribution in [-0.4, -0.2) is 35.8 Å². The highest BCUT2D eigenvalue weighted by Gasteiger charge is 2.09. The van der Waals surface area contributed by atoms with Crippen molar-refractivity contribution in [2.45, 2.75) is 6.92 Å². The zero-order valence-corrected chi connectivity index (χ0v) is 16.6. The molecule has 2 aromatic carbocycles. The maximum absolute atomic E-state index is 5.36. The van der Waals surface area contributed by atoms with Crippen molar-refractivity contribution in [1.82, 2.24) is 10.2 Å². The monoisotopic (exact) mass is 382 g/mol. The summed E-state index contributed by atoms with van der Waals surface area (Å²) in [4.78, 5) is 4.61. The zero-order chi connectivity index (χ0) is 19.2. The van der Waals surface area contributed by atoms with Crippen LogP contribution in [0, 0.1) is 6.92 Å². The van der Waals surface area contributed by atoms with E-state index >= 15 is 0 Å². The summed E-state index contributed by atoms with van der Waals surface area (Å²) in [6.07, 6.45) is 1.98. The Bertz CT molecular complexity index is 953. The second-order valence-electron chi connectivity index (χ2n) is 5.77. The number of para-hydroxylation sites is 1. The lowest BCUT2D eigenvalue weighted by atomic mass is 10.1. The minimum atomic E-state index is 0.602. The van der Waals surface area contributed by atoms with Crippen molar-refractivity contribution in [3.05, 3.63) is 54.1 Å². The summed E-state index contributed by atoms with van der Waals surface area (Å²) in [5.41, 5.74) is 3.98. The molecule has 140 valence electrons. The molecule has 0 fully saturated rings. The van der Waals surface area contributed by atoms with Gasteiger partial charge in [0.05, 0.1) is 19.9 Å². The Morgan fingerprint density at radius 1 is 1.07 bits per heavy atom. The van der Waals surface area contributed by atoms with E-state index in [1.165, 1.54) is 11.8 Å². The van der Waals surface area contributed by atoms with Gasteiger partial charge in [0.1, 0.15) is 0 Å². The number of anilines is 1. The van der Waals surface area contributed by atoms with Crippen LogP contribution in [0.15, 0.2) is 53.5 Å². The molecule has 0 spiro atoms. The van der Waals surface area contributed by atoms with Gasteiger partial charge in [-0.25, -0.2) is 4.99 Å². The molecule has 0 amide bonds. The molecule has 0 aliphatic rings. The number of amidine groups is 1. The number of methoxy groups -OCH3 is 2. The number of benzene rings is 2. The molecule has 1 aromatic heterocycles. The standard InChI is InChI=1S/C20H22N4O2S/c1-13-7-5-6-8-15(13)21-20(27-4)22-19-12-16(23-24-19)14-9-10-17(25-2)18(11-14)26-3/h5-12H,1-4H3,(H2,21,22,23,24). The lowest BCUT2D eigenvalue weighted by Crippen LogP contribution is -2.07. The average Bonchev–Trinajstić information content (AvgIpc) is 3.17. The SMILES string of the molecule is COc1ccc(-c2cc(N=C(Nc3ccccc3C)SC)n[nH]2)cc1OC. The third kappa shape index (κ3) is 4.43. The van der Waals surface area contributed by atoms with Crippen LogP contribution < -0.4 is 14.8 Å². The first kappa shape index (κ1) is 18.8. The number of nitrogens with zero attached hydrogens (tertiary/aromatic N) is 2. The predicted molar refractivity (Wildman–Crippen MR) is 113 cm³/mol. The van der Waals surface area contributed by atoms with Crippen molar-refractivity contribution in [1.29, 1.82) is 0 Å². The van der Waals surface area contributed by atoms with Crippen molar-refractivity contribution in [3.63, 3.8) is 0 Å². The summed E-state index contributed by atoms with van der Waals surface area (Å²) in [6.45, 7) is 2.06. The quantitative estimate of drug-likeness (QED) is 0.487. The first-order chi connectivity index (χ1) is 13.1. The Hall–Kier alpha value is -2.93. The van der Waals surface area contributed by atoms with Crippen molar-refractivity contribution in [3.8, 4) is 22.8 Å². The number of ether oxygens (including phenoxy) is 2. The maximum Gasteiger partial charge on any atom is 0.176 e. The molecular formula is C20H22N4O2S. The first-order valence-corrected chi connectivity index (χ1v) is 9.60. The molecule has 2 N–H and O–H groups in total. The van der Waals surface area contributed by atoms with Gasteiger partial charge in [0.15, 0.2) is 22.5 Å². The van der Waals surface area contributed by atoms with Crippen LogP contribution in [0.1, 0.15) is 5.56 Å². The number of thioether (sulfide) groups is 1. The molecule has 3 rings (SSSR count). The van der Waals surface area contributed by atoms with E-state index in [-0.39, 0.29) is 0 Å². The average molecular weight is 382 g/mol. The topological polar surface area (TPSA) is 71.5 Å². The number of hydrogen-bond acceptors (Lipinski definition) is 5. The smallest absolute Gasteiger partial charge is 0.176 e. The minimum Gasteiger partial charge on any atom is -0.493 e. The fraction of sp³-hybridized carbons (Fsp3) is 0.200. The Labute approximate surface area is 163 Å². The number of nitrogens with one attached hydrogen (secondary N) is 2. The molecule has 0 unspecified atom stereocenters. The van der Waals surface area contributed by atoms with Crippen molar-refractivity contribution >= 4 is 28.4 Å². The number of hydrogen-bond donors (Lipinski definition) is 2. The summed E-state index contributed by atoms with van der Waals surface area (Å²) < 4.78 is 10.6. The molecule has 0 saturated carbocycles. The molecule has 0 atom stereocenters. The second kappa shape index (κ2) is 8.64. The maximum atomic E-state index is 5.36. The largest absolute Gasteiger partial charge is 0.493 e. The third-order valence-corrected chi connectivity index (χ3v) is 4.64. The van der Waals surface area contributed by atoms with Crippen LogP contribution in [0.4, 0.5) is 11.5 Å². The van der Waals surface area contributed by atoms with Crippen molar-refractivity contribution in [2.24, 2.45) is 4.99 Å². The van der Waals surface area contributed by atoms with Gasteiger partial charge in [0.2, 0.25) is 0 Å². The summed E-state index contributed by atoms with van der Waals surface area (Å²) >= 11 is 1.53. The highest BCUT2D eigenvalue weighted by atomic mass is 32.2. The van der Waals surface area contributed by atoms with Crippen molar-refractivity contribution < 1.29 is 9.47 Å². The van der Waals surface area contributed by atoms with Gasteiger partial charge in [-0.3, -0.25) is 5.10 Å². The summed E-state index contributed by atoms with van der Waals surface area (Å²) in [7, 11) is 3.23. The highest BCUT2D eigenvalue weighted by Crippen LogP contribution is 2.32. The number of aliphatic imine (C=N–C) groups is 1. The van der Waals surface area contributed by atoms with Gasteiger partial charge in [0, 0.05) is 17.3 Å². The number of H-pyrrole nitrogens is 1. The van der Waals surface area contributed by atoms with Gasteiger partial charge in [-0.05, 0) is 43.0 Å². The van der Waals surface area contributed by atoms with Crippen LogP contribution in [0.5, 0.6) is 11.5 Å². The van der Waals surface area contributed by atoms with Gasteiger partial charge in [0.25, 0.3) is 0 Å². The summed E-state index contributed by atoms with van der Waals surface area (Å²) in [5, 5.41) is 11.5. The van der Waals surface area contributed by atoms with E-state index in [1.54, 1.807) is 14.2 Å². The normalized spacial score (nSPS) is 11.3. The van der Waals surface area contributed by atoms with Gasteiger partial charge < -0.3 is 14.8 Å². The molecular weight excluding hydrogens is 360 g/mol. The minimum absolute atomic E-state index is 0.602. The molecule has 3 aromatic rings. The Kier molecular flexibility index (Phi) is 6.03. The van der Waals surface area contributed by atoms with E-state index in [4.69, 9.17) is 9.47 Å². The van der Waals surface area contributed by atoms with Gasteiger partial charge in [-0.15, -0.1) is 0 Å². The van der Waals surface area contributed by atoms with Crippen LogP contribution in [0.3, 0.4) is 0 Å². The van der Waals surface area contributed by atoms with E-state index in [0.29, 0.717) is 17.3 Å². The summed E-state index contributed by atoms with van der Waals surface area (Å²) in [6, 6.07) is 15.7. The van der Waals surface area contributed by atoms with E-state index in [1.807, 2.05) is 48.7 Å². The fourth-order valence-electron chi connectivity index (χ4n) is 2.58. The highest BCUT2D eigenvalue weighted by molar-refractivity contribution is 8.13. The molecule has 1 heterocycles. The molecule has 7 heteroatoms. The first-order valence-electron chi connectivity index (χ1n) is 8.37. The van der Waals surface area contributed by atoms with E-state index in [9.17, 15) is 0 Å². The third-order valence-electron chi connectivity index (χ3n) is 4.05. The predicted octanol–water partition coefficient (Wildman–Crippen LogP) is 4.86. The van der Waals surface area contributed by atoms with Gasteiger partial charge in [-0.1, -0.05) is 30.0 Å². The molecule has 0 bridgehead atoms. The number of aromatic nitrogens is 2. The number of rotatable bonds is 5. The lowest BCUT2D eigenvalue weighted by Gasteiger charge is -2.09. The molecule has 27 heavy (non-hydrogen) atoms. The molecule has 0 aliphatic heterocycles. The number of aryl methyl sites for hydroxylation is 1. The van der Waals surface area contributed by atoms with E-state index in [0.717, 1.165) is 27.7 Å². The number of aromatic amines is 1. The van der Waals surface area contributed by atoms with Gasteiger partial charge >= 0.3 is 0 Å².